The number of nitrogens with zero attached hydrogens (tertiary/aromatic N) is 2. The van der Waals surface area contributed by atoms with Gasteiger partial charge in [-0.2, -0.15) is 13.2 Å². The van der Waals surface area contributed by atoms with Crippen molar-refractivity contribution in [2.45, 2.75) is 76.0 Å². The number of nitrogens with one attached hydrogen (secondary N) is 1. The van der Waals surface area contributed by atoms with Gasteiger partial charge in [0.2, 0.25) is 0 Å². The van der Waals surface area contributed by atoms with Crippen LogP contribution in [0.1, 0.15) is 73.7 Å². The van der Waals surface area contributed by atoms with Crippen LogP contribution in [-0.4, -0.2) is 47.5 Å². The molecular weight excluding hydrogens is 543 g/mol. The van der Waals surface area contributed by atoms with Crippen molar-refractivity contribution in [2.24, 2.45) is 11.8 Å². The molecule has 1 aliphatic carbocycles. The second-order valence-corrected chi connectivity index (χ2v) is 12.8. The molecule has 1 atom stereocenters. The highest BCUT2D eigenvalue weighted by Gasteiger charge is 2.41. The van der Waals surface area contributed by atoms with Gasteiger partial charge >= 0.3 is 6.18 Å². The van der Waals surface area contributed by atoms with Crippen molar-refractivity contribution in [3.05, 3.63) is 59.5 Å². The Labute approximate surface area is 232 Å². The molecule has 0 spiro atoms. The molecule has 2 N–H and O–H groups in total. The quantitative estimate of drug-likeness (QED) is 0.325. The summed E-state index contributed by atoms with van der Waals surface area (Å²) in [5.74, 6) is -1.41. The van der Waals surface area contributed by atoms with Crippen molar-refractivity contribution in [3.63, 3.8) is 0 Å². The molecule has 7 nitrogen and oxygen atoms in total. The van der Waals surface area contributed by atoms with E-state index in [1.165, 1.54) is 12.3 Å². The van der Waals surface area contributed by atoms with Gasteiger partial charge in [-0.25, -0.2) is 8.42 Å². The highest BCUT2D eigenvalue weighted by Crippen LogP contribution is 2.40. The molecule has 40 heavy (non-hydrogen) atoms. The predicted molar refractivity (Wildman–Crippen MR) is 147 cm³/mol. The Morgan fingerprint density at radius 3 is 2.42 bits per heavy atom. The number of fused-ring (bicyclic) bond motifs is 1. The summed E-state index contributed by atoms with van der Waals surface area (Å²) in [6, 6.07) is 9.79. The van der Waals surface area contributed by atoms with Crippen LogP contribution in [0.25, 0.3) is 10.9 Å². The van der Waals surface area contributed by atoms with Gasteiger partial charge in [0.25, 0.3) is 5.91 Å². The van der Waals surface area contributed by atoms with Crippen LogP contribution in [0.2, 0.25) is 0 Å². The van der Waals surface area contributed by atoms with Crippen LogP contribution in [-0.2, 0) is 22.8 Å². The van der Waals surface area contributed by atoms with E-state index in [1.807, 2.05) is 19.1 Å². The Morgan fingerprint density at radius 2 is 1.85 bits per heavy atom. The molecule has 0 aliphatic heterocycles. The molecule has 1 fully saturated rings. The lowest BCUT2D eigenvalue weighted by Crippen LogP contribution is -2.30. The molecule has 2 aromatic heterocycles. The number of aromatic nitrogens is 2. The smallest absolute Gasteiger partial charge is 0.391 e. The number of aliphatic hydroxyl groups excluding tert-OH is 1. The molecule has 0 bridgehead atoms. The zero-order chi connectivity index (χ0) is 29.1. The Bertz CT molecular complexity index is 1430. The molecule has 2 heterocycles. The fraction of sp³-hybridized carbons (Fsp3) is 0.517. The number of aliphatic hydroxyl groups is 1. The topological polar surface area (TPSA) is 101 Å². The van der Waals surface area contributed by atoms with E-state index in [-0.39, 0.29) is 48.3 Å². The predicted octanol–water partition coefficient (Wildman–Crippen LogP) is 5.61. The second kappa shape index (κ2) is 12.3. The maximum Gasteiger partial charge on any atom is 0.391 e. The molecule has 11 heteroatoms. The third-order valence-corrected chi connectivity index (χ3v) is 9.67. The van der Waals surface area contributed by atoms with Crippen LogP contribution in [0.15, 0.2) is 47.5 Å². The summed E-state index contributed by atoms with van der Waals surface area (Å²) in [4.78, 5) is 17.5. The molecule has 4 rings (SSSR count). The lowest BCUT2D eigenvalue weighted by atomic mass is 9.79. The minimum absolute atomic E-state index is 0.0477. The molecule has 0 saturated heterocycles. The summed E-state index contributed by atoms with van der Waals surface area (Å²) in [5.41, 5.74) is 2.87. The molecule has 218 valence electrons. The third-order valence-electron chi connectivity index (χ3n) is 7.95. The highest BCUT2D eigenvalue weighted by molar-refractivity contribution is 7.91. The third kappa shape index (κ3) is 6.68. The van der Waals surface area contributed by atoms with Gasteiger partial charge in [0.05, 0.1) is 28.3 Å². The average Bonchev–Trinajstić information content (AvgIpc) is 3.28. The summed E-state index contributed by atoms with van der Waals surface area (Å²) in [5, 5.41) is 13.3. The fourth-order valence-corrected chi connectivity index (χ4v) is 6.44. The summed E-state index contributed by atoms with van der Waals surface area (Å²) < 4.78 is 65.6. The first-order chi connectivity index (χ1) is 19.0. The number of benzene rings is 1. The summed E-state index contributed by atoms with van der Waals surface area (Å²) in [7, 11) is -3.41. The van der Waals surface area contributed by atoms with Crippen molar-refractivity contribution in [3.8, 4) is 0 Å². The number of carbonyl (C=O) groups is 1. The summed E-state index contributed by atoms with van der Waals surface area (Å²) in [6.07, 6.45) is -0.509. The Kier molecular flexibility index (Phi) is 9.24. The lowest BCUT2D eigenvalue weighted by molar-refractivity contribution is -0.183. The van der Waals surface area contributed by atoms with E-state index in [0.717, 1.165) is 16.6 Å². The summed E-state index contributed by atoms with van der Waals surface area (Å²) in [6.45, 7) is 4.08. The lowest BCUT2D eigenvalue weighted by Gasteiger charge is -2.30. The van der Waals surface area contributed by atoms with Crippen molar-refractivity contribution in [1.29, 1.82) is 0 Å². The second-order valence-electron chi connectivity index (χ2n) is 10.5. The minimum atomic E-state index is -4.12. The number of halogens is 3. The standard InChI is InChI=1S/C29H36F3N3O4S/c1-3-35-23(15-19-5-8-22(9-6-19)29(30,31)32)17-21-16-20(7-12-27(21)35)28(37)34-26(13-14-36)25-11-10-24(18-33-25)40(38,39)4-2/h7,10-12,16-19,22,26,36H,3-6,8-9,13-15H2,1-2H3,(H,34,37)/t19?,22?,26-/m0/s1. The number of alkyl halides is 3. The fourth-order valence-electron chi connectivity index (χ4n) is 5.61. The number of sulfone groups is 1. The van der Waals surface area contributed by atoms with Crippen LogP contribution in [0.5, 0.6) is 0 Å². The van der Waals surface area contributed by atoms with Gasteiger partial charge in [-0.3, -0.25) is 9.78 Å². The zero-order valence-electron chi connectivity index (χ0n) is 22.7. The first-order valence-electron chi connectivity index (χ1n) is 13.8. The van der Waals surface area contributed by atoms with Gasteiger partial charge in [0.1, 0.15) is 0 Å². The zero-order valence-corrected chi connectivity index (χ0v) is 23.6. The molecule has 1 saturated carbocycles. The average molecular weight is 580 g/mol. The van der Waals surface area contributed by atoms with Crippen molar-refractivity contribution < 1.29 is 31.5 Å². The Balaban J connectivity index is 1.50. The SMILES string of the molecule is CCn1c(CC2CCC(C(F)(F)F)CC2)cc2cc(C(=O)N[C@@H](CCO)c3ccc(S(=O)(=O)CC)cn3)ccc21. The number of hydrogen-bond donors (Lipinski definition) is 2. The minimum Gasteiger partial charge on any atom is -0.396 e. The largest absolute Gasteiger partial charge is 0.396 e. The Hall–Kier alpha value is -2.92. The molecule has 0 radical (unpaired) electrons. The monoisotopic (exact) mass is 579 g/mol. The van der Waals surface area contributed by atoms with Crippen molar-refractivity contribution >= 4 is 26.6 Å². The van der Waals surface area contributed by atoms with Gasteiger partial charge in [0.15, 0.2) is 9.84 Å². The van der Waals surface area contributed by atoms with Crippen molar-refractivity contribution in [2.75, 3.05) is 12.4 Å². The van der Waals surface area contributed by atoms with Crippen LogP contribution >= 0.6 is 0 Å². The number of carbonyl (C=O) groups excluding carboxylic acids is 1. The van der Waals surface area contributed by atoms with Gasteiger partial charge in [0, 0.05) is 41.5 Å². The van der Waals surface area contributed by atoms with Gasteiger partial charge in [-0.05, 0) is 87.8 Å². The molecule has 3 aromatic rings. The van der Waals surface area contributed by atoms with Gasteiger partial charge in [-0.15, -0.1) is 0 Å². The van der Waals surface area contributed by atoms with E-state index in [1.54, 1.807) is 25.1 Å². The van der Waals surface area contributed by atoms with E-state index in [2.05, 4.69) is 14.9 Å². The van der Waals surface area contributed by atoms with Crippen LogP contribution in [0.4, 0.5) is 13.2 Å². The number of amides is 1. The van der Waals surface area contributed by atoms with Gasteiger partial charge in [-0.1, -0.05) is 6.92 Å². The van der Waals surface area contributed by atoms with E-state index < -0.39 is 28.0 Å². The van der Waals surface area contributed by atoms with Crippen LogP contribution in [0, 0.1) is 11.8 Å². The first kappa shape index (κ1) is 30.0. The summed E-state index contributed by atoms with van der Waals surface area (Å²) >= 11 is 0. The van der Waals surface area contributed by atoms with Crippen molar-refractivity contribution in [1.82, 2.24) is 14.9 Å². The normalized spacial score (nSPS) is 19.1. The van der Waals surface area contributed by atoms with Crippen LogP contribution < -0.4 is 5.32 Å². The number of rotatable bonds is 10. The van der Waals surface area contributed by atoms with E-state index >= 15 is 0 Å². The molecule has 1 amide bonds. The molecule has 0 unspecified atom stereocenters. The van der Waals surface area contributed by atoms with Crippen LogP contribution in [0.3, 0.4) is 0 Å². The van der Waals surface area contributed by atoms with E-state index in [0.29, 0.717) is 37.1 Å². The van der Waals surface area contributed by atoms with E-state index in [9.17, 15) is 31.5 Å². The molecule has 1 aromatic carbocycles. The number of hydrogen-bond acceptors (Lipinski definition) is 5. The maximum atomic E-state index is 13.2. The van der Waals surface area contributed by atoms with Gasteiger partial charge < -0.3 is 15.0 Å². The first-order valence-corrected chi connectivity index (χ1v) is 15.4. The van der Waals surface area contributed by atoms with E-state index in [4.69, 9.17) is 0 Å². The highest BCUT2D eigenvalue weighted by atomic mass is 32.2. The number of aryl methyl sites for hydroxylation is 1. The number of pyridine rings is 1. The Morgan fingerprint density at radius 1 is 1.12 bits per heavy atom. The molecule has 1 aliphatic rings. The molecular formula is C29H36F3N3O4S. The maximum absolute atomic E-state index is 13.2.